The predicted octanol–water partition coefficient (Wildman–Crippen LogP) is 5.01. The number of hydrogen-bond acceptors (Lipinski definition) is 3. The summed E-state index contributed by atoms with van der Waals surface area (Å²) in [7, 11) is 3.36. The summed E-state index contributed by atoms with van der Waals surface area (Å²) in [4.78, 5) is 0. The Hall–Kier alpha value is -2.78. The molecule has 0 amide bonds. The standard InChI is InChI=1S/C24H27NO2/c1-18(14-19-15-22(26-2)17-23(16-19)27-3)25-24(20-10-6-4-7-11-20)21-12-8-5-9-13-21/h4-13,15-18,24-25H,14H2,1-3H3. The second-order valence-corrected chi connectivity index (χ2v) is 6.75. The highest BCUT2D eigenvalue weighted by molar-refractivity contribution is 5.39. The monoisotopic (exact) mass is 361 g/mol. The summed E-state index contributed by atoms with van der Waals surface area (Å²) in [5.41, 5.74) is 3.71. The molecule has 0 heterocycles. The number of benzene rings is 3. The van der Waals surface area contributed by atoms with Crippen LogP contribution in [-0.2, 0) is 6.42 Å². The Labute approximate surface area is 162 Å². The van der Waals surface area contributed by atoms with E-state index in [1.54, 1.807) is 14.2 Å². The molecule has 3 rings (SSSR count). The second kappa shape index (κ2) is 9.24. The van der Waals surface area contributed by atoms with Crippen LogP contribution in [0.2, 0.25) is 0 Å². The van der Waals surface area contributed by atoms with E-state index in [2.05, 4.69) is 85.0 Å². The Morgan fingerprint density at radius 2 is 1.22 bits per heavy atom. The van der Waals surface area contributed by atoms with Crippen molar-refractivity contribution < 1.29 is 9.47 Å². The third-order valence-electron chi connectivity index (χ3n) is 4.67. The van der Waals surface area contributed by atoms with E-state index in [1.807, 2.05) is 6.07 Å². The molecule has 0 fully saturated rings. The maximum atomic E-state index is 5.40. The van der Waals surface area contributed by atoms with E-state index in [4.69, 9.17) is 9.47 Å². The van der Waals surface area contributed by atoms with Crippen molar-refractivity contribution >= 4 is 0 Å². The van der Waals surface area contributed by atoms with Crippen LogP contribution in [0.15, 0.2) is 78.9 Å². The maximum absolute atomic E-state index is 5.40. The lowest BCUT2D eigenvalue weighted by Crippen LogP contribution is -2.32. The molecule has 0 aromatic heterocycles. The number of nitrogens with one attached hydrogen (secondary N) is 1. The molecule has 0 spiro atoms. The van der Waals surface area contributed by atoms with E-state index in [1.165, 1.54) is 16.7 Å². The molecule has 0 aliphatic rings. The van der Waals surface area contributed by atoms with Crippen LogP contribution in [0.5, 0.6) is 11.5 Å². The van der Waals surface area contributed by atoms with Gasteiger partial charge in [0, 0.05) is 12.1 Å². The molecule has 3 nitrogen and oxygen atoms in total. The Morgan fingerprint density at radius 3 is 1.67 bits per heavy atom. The summed E-state index contributed by atoms with van der Waals surface area (Å²) in [6.45, 7) is 2.21. The van der Waals surface area contributed by atoms with Gasteiger partial charge in [-0.3, -0.25) is 0 Å². The van der Waals surface area contributed by atoms with Crippen molar-refractivity contribution in [1.29, 1.82) is 0 Å². The molecule has 1 atom stereocenters. The number of hydrogen-bond donors (Lipinski definition) is 1. The molecule has 0 bridgehead atoms. The third-order valence-corrected chi connectivity index (χ3v) is 4.67. The number of rotatable bonds is 8. The summed E-state index contributed by atoms with van der Waals surface area (Å²) in [6, 6.07) is 27.6. The van der Waals surface area contributed by atoms with Crippen molar-refractivity contribution in [3.63, 3.8) is 0 Å². The average Bonchev–Trinajstić information content (AvgIpc) is 2.73. The molecule has 1 N–H and O–H groups in total. The molecule has 0 aliphatic heterocycles. The zero-order chi connectivity index (χ0) is 19.1. The van der Waals surface area contributed by atoms with Gasteiger partial charge in [-0.25, -0.2) is 0 Å². The van der Waals surface area contributed by atoms with Gasteiger partial charge in [-0.15, -0.1) is 0 Å². The molecular weight excluding hydrogens is 334 g/mol. The molecule has 140 valence electrons. The van der Waals surface area contributed by atoms with Gasteiger partial charge in [0.2, 0.25) is 0 Å². The minimum Gasteiger partial charge on any atom is -0.497 e. The molecular formula is C24H27NO2. The van der Waals surface area contributed by atoms with Gasteiger partial charge in [-0.1, -0.05) is 60.7 Å². The average molecular weight is 361 g/mol. The lowest BCUT2D eigenvalue weighted by molar-refractivity contribution is 0.392. The maximum Gasteiger partial charge on any atom is 0.122 e. The van der Waals surface area contributed by atoms with Gasteiger partial charge < -0.3 is 14.8 Å². The largest absolute Gasteiger partial charge is 0.497 e. The normalized spacial score (nSPS) is 12.0. The summed E-state index contributed by atoms with van der Waals surface area (Å²) >= 11 is 0. The van der Waals surface area contributed by atoms with Gasteiger partial charge in [0.25, 0.3) is 0 Å². The summed E-state index contributed by atoms with van der Waals surface area (Å²) in [6.07, 6.45) is 0.879. The van der Waals surface area contributed by atoms with Crippen LogP contribution in [0.25, 0.3) is 0 Å². The van der Waals surface area contributed by atoms with Gasteiger partial charge in [-0.2, -0.15) is 0 Å². The molecule has 3 aromatic carbocycles. The third kappa shape index (κ3) is 5.11. The van der Waals surface area contributed by atoms with Gasteiger partial charge in [0.05, 0.1) is 20.3 Å². The number of methoxy groups -OCH3 is 2. The molecule has 1 unspecified atom stereocenters. The number of ether oxygens (including phenoxy) is 2. The quantitative estimate of drug-likeness (QED) is 0.611. The Bertz CT molecular complexity index is 772. The summed E-state index contributed by atoms with van der Waals surface area (Å²) in [5, 5.41) is 3.79. The molecule has 0 aliphatic carbocycles. The zero-order valence-corrected chi connectivity index (χ0v) is 16.2. The molecule has 0 radical (unpaired) electrons. The fourth-order valence-electron chi connectivity index (χ4n) is 3.36. The first-order valence-electron chi connectivity index (χ1n) is 9.27. The fraction of sp³-hybridized carbons (Fsp3) is 0.250. The smallest absolute Gasteiger partial charge is 0.122 e. The molecule has 0 saturated heterocycles. The highest BCUT2D eigenvalue weighted by atomic mass is 16.5. The highest BCUT2D eigenvalue weighted by Gasteiger charge is 2.17. The van der Waals surface area contributed by atoms with Crippen molar-refractivity contribution in [2.24, 2.45) is 0 Å². The zero-order valence-electron chi connectivity index (χ0n) is 16.2. The van der Waals surface area contributed by atoms with E-state index in [9.17, 15) is 0 Å². The summed E-state index contributed by atoms with van der Waals surface area (Å²) < 4.78 is 10.8. The first-order chi connectivity index (χ1) is 13.2. The summed E-state index contributed by atoms with van der Waals surface area (Å²) in [5.74, 6) is 1.64. The minimum absolute atomic E-state index is 0.148. The Morgan fingerprint density at radius 1 is 0.741 bits per heavy atom. The molecule has 3 heteroatoms. The van der Waals surface area contributed by atoms with Crippen molar-refractivity contribution in [2.75, 3.05) is 14.2 Å². The minimum atomic E-state index is 0.148. The van der Waals surface area contributed by atoms with Crippen LogP contribution in [0.4, 0.5) is 0 Å². The van der Waals surface area contributed by atoms with E-state index in [0.29, 0.717) is 0 Å². The molecule has 27 heavy (non-hydrogen) atoms. The predicted molar refractivity (Wildman–Crippen MR) is 111 cm³/mol. The molecule has 3 aromatic rings. The van der Waals surface area contributed by atoms with Crippen LogP contribution in [0, 0.1) is 0 Å². The topological polar surface area (TPSA) is 30.5 Å². The van der Waals surface area contributed by atoms with E-state index in [-0.39, 0.29) is 12.1 Å². The van der Waals surface area contributed by atoms with Crippen LogP contribution < -0.4 is 14.8 Å². The van der Waals surface area contributed by atoms with E-state index in [0.717, 1.165) is 17.9 Å². The lowest BCUT2D eigenvalue weighted by Gasteiger charge is -2.25. The SMILES string of the molecule is COc1cc(CC(C)NC(c2ccccc2)c2ccccc2)cc(OC)c1. The first-order valence-corrected chi connectivity index (χ1v) is 9.27. The van der Waals surface area contributed by atoms with Crippen LogP contribution in [0.3, 0.4) is 0 Å². The van der Waals surface area contributed by atoms with Gasteiger partial charge in [0.1, 0.15) is 11.5 Å². The van der Waals surface area contributed by atoms with Gasteiger partial charge in [0.15, 0.2) is 0 Å². The van der Waals surface area contributed by atoms with Crippen molar-refractivity contribution in [3.05, 3.63) is 95.6 Å². The van der Waals surface area contributed by atoms with Crippen LogP contribution in [0.1, 0.15) is 29.7 Å². The van der Waals surface area contributed by atoms with Crippen molar-refractivity contribution in [3.8, 4) is 11.5 Å². The molecule has 0 saturated carbocycles. The van der Waals surface area contributed by atoms with Crippen molar-refractivity contribution in [1.82, 2.24) is 5.32 Å². The highest BCUT2D eigenvalue weighted by Crippen LogP contribution is 2.25. The fourth-order valence-corrected chi connectivity index (χ4v) is 3.36. The Balaban J connectivity index is 1.80. The van der Waals surface area contributed by atoms with Crippen LogP contribution >= 0.6 is 0 Å². The Kier molecular flexibility index (Phi) is 6.50. The van der Waals surface area contributed by atoms with E-state index >= 15 is 0 Å². The van der Waals surface area contributed by atoms with Gasteiger partial charge >= 0.3 is 0 Å². The lowest BCUT2D eigenvalue weighted by atomic mass is 9.96. The van der Waals surface area contributed by atoms with Crippen LogP contribution in [-0.4, -0.2) is 20.3 Å². The van der Waals surface area contributed by atoms with E-state index < -0.39 is 0 Å². The second-order valence-electron chi connectivity index (χ2n) is 6.75. The van der Waals surface area contributed by atoms with Gasteiger partial charge in [-0.05, 0) is 42.2 Å². The van der Waals surface area contributed by atoms with Crippen molar-refractivity contribution in [2.45, 2.75) is 25.4 Å². The first kappa shape index (κ1) is 19.0.